The van der Waals surface area contributed by atoms with E-state index in [-0.39, 0.29) is 13.2 Å². The van der Waals surface area contributed by atoms with Crippen LogP contribution in [0.1, 0.15) is 16.7 Å². The fourth-order valence-electron chi connectivity index (χ4n) is 3.23. The van der Waals surface area contributed by atoms with Crippen LogP contribution in [0.5, 0.6) is 0 Å². The van der Waals surface area contributed by atoms with Gasteiger partial charge in [0.1, 0.15) is 18.3 Å². The SMILES string of the molecule is OC[C@H](OCc1ccccc1)[C@H](OCc1ccccc1)[C@H](O)COCc1ccccc1. The van der Waals surface area contributed by atoms with Crippen LogP contribution < -0.4 is 0 Å². The molecule has 0 bridgehead atoms. The van der Waals surface area contributed by atoms with Crippen molar-refractivity contribution in [1.82, 2.24) is 0 Å². The van der Waals surface area contributed by atoms with Crippen LogP contribution >= 0.6 is 0 Å². The second kappa shape index (κ2) is 13.0. The minimum absolute atomic E-state index is 0.0690. The molecule has 3 aromatic rings. The lowest BCUT2D eigenvalue weighted by atomic mass is 10.1. The van der Waals surface area contributed by atoms with Crippen LogP contribution in [0.4, 0.5) is 0 Å². The third-order valence-corrected chi connectivity index (χ3v) is 4.92. The summed E-state index contributed by atoms with van der Waals surface area (Å²) in [5.41, 5.74) is 2.98. The molecule has 0 aliphatic heterocycles. The van der Waals surface area contributed by atoms with Crippen LogP contribution in [0.3, 0.4) is 0 Å². The fraction of sp³-hybridized carbons (Fsp3) is 0.308. The zero-order chi connectivity index (χ0) is 21.7. The summed E-state index contributed by atoms with van der Waals surface area (Å²) in [6.45, 7) is 0.793. The minimum atomic E-state index is -0.958. The Hall–Kier alpha value is -2.54. The van der Waals surface area contributed by atoms with Crippen LogP contribution in [-0.2, 0) is 34.0 Å². The Kier molecular flexibility index (Phi) is 9.70. The monoisotopic (exact) mass is 422 g/mol. The zero-order valence-corrected chi connectivity index (χ0v) is 17.5. The van der Waals surface area contributed by atoms with E-state index >= 15 is 0 Å². The van der Waals surface area contributed by atoms with Gasteiger partial charge in [-0.3, -0.25) is 0 Å². The number of ether oxygens (including phenoxy) is 3. The van der Waals surface area contributed by atoms with Gasteiger partial charge in [0, 0.05) is 0 Å². The standard InChI is InChI=1S/C26H30O5/c27-16-25(30-18-22-12-6-2-7-13-22)26(31-19-23-14-8-3-9-15-23)24(28)20-29-17-21-10-4-1-5-11-21/h1-15,24-28H,16-20H2/t24-,25+,26-/m1/s1. The maximum absolute atomic E-state index is 10.8. The molecule has 0 spiro atoms. The summed E-state index contributed by atoms with van der Waals surface area (Å²) in [6.07, 6.45) is -2.40. The number of aliphatic hydroxyl groups excluding tert-OH is 2. The van der Waals surface area contributed by atoms with E-state index in [1.807, 2.05) is 91.0 Å². The lowest BCUT2D eigenvalue weighted by molar-refractivity contribution is -0.157. The molecular weight excluding hydrogens is 392 g/mol. The molecule has 0 amide bonds. The van der Waals surface area contributed by atoms with Gasteiger partial charge < -0.3 is 24.4 Å². The summed E-state index contributed by atoms with van der Waals surface area (Å²) in [7, 11) is 0. The molecule has 0 saturated heterocycles. The van der Waals surface area contributed by atoms with Crippen molar-refractivity contribution in [1.29, 1.82) is 0 Å². The lowest BCUT2D eigenvalue weighted by Gasteiger charge is -2.30. The Morgan fingerprint density at radius 3 is 1.55 bits per heavy atom. The van der Waals surface area contributed by atoms with Gasteiger partial charge in [-0.15, -0.1) is 0 Å². The van der Waals surface area contributed by atoms with Crippen molar-refractivity contribution in [2.24, 2.45) is 0 Å². The van der Waals surface area contributed by atoms with Crippen LogP contribution in [0.25, 0.3) is 0 Å². The Bertz CT molecular complexity index is 841. The Balaban J connectivity index is 1.61. The van der Waals surface area contributed by atoms with Crippen LogP contribution in [0.2, 0.25) is 0 Å². The predicted molar refractivity (Wildman–Crippen MR) is 119 cm³/mol. The van der Waals surface area contributed by atoms with Gasteiger partial charge in [-0.25, -0.2) is 0 Å². The molecule has 3 atom stereocenters. The molecule has 0 saturated carbocycles. The molecule has 3 aromatic carbocycles. The number of rotatable bonds is 13. The normalized spacial score (nSPS) is 14.1. The van der Waals surface area contributed by atoms with Gasteiger partial charge in [0.25, 0.3) is 0 Å². The van der Waals surface area contributed by atoms with Crippen molar-refractivity contribution in [2.45, 2.75) is 38.1 Å². The van der Waals surface area contributed by atoms with Gasteiger partial charge in [0.15, 0.2) is 0 Å². The molecule has 0 unspecified atom stereocenters. The lowest BCUT2D eigenvalue weighted by Crippen LogP contribution is -2.45. The molecule has 0 radical (unpaired) electrons. The van der Waals surface area contributed by atoms with E-state index < -0.39 is 18.3 Å². The summed E-state index contributed by atoms with van der Waals surface area (Å²) in [5, 5.41) is 20.8. The number of aliphatic hydroxyl groups is 2. The van der Waals surface area contributed by atoms with Gasteiger partial charge in [0.05, 0.1) is 33.0 Å². The average Bonchev–Trinajstić information content (AvgIpc) is 2.83. The molecule has 5 nitrogen and oxygen atoms in total. The highest BCUT2D eigenvalue weighted by molar-refractivity contribution is 5.15. The van der Waals surface area contributed by atoms with Crippen LogP contribution in [-0.4, -0.2) is 41.7 Å². The molecule has 3 rings (SSSR count). The molecule has 2 N–H and O–H groups in total. The van der Waals surface area contributed by atoms with E-state index in [0.717, 1.165) is 16.7 Å². The van der Waals surface area contributed by atoms with Crippen LogP contribution in [0, 0.1) is 0 Å². The highest BCUT2D eigenvalue weighted by atomic mass is 16.6. The van der Waals surface area contributed by atoms with Gasteiger partial charge in [-0.2, -0.15) is 0 Å². The maximum atomic E-state index is 10.8. The van der Waals surface area contributed by atoms with Crippen molar-refractivity contribution in [3.05, 3.63) is 108 Å². The highest BCUT2D eigenvalue weighted by Crippen LogP contribution is 2.16. The minimum Gasteiger partial charge on any atom is -0.394 e. The number of benzene rings is 3. The fourth-order valence-corrected chi connectivity index (χ4v) is 3.23. The van der Waals surface area contributed by atoms with Gasteiger partial charge in [0.2, 0.25) is 0 Å². The van der Waals surface area contributed by atoms with Crippen molar-refractivity contribution in [3.63, 3.8) is 0 Å². The Labute approximate surface area is 183 Å². The summed E-state index contributed by atoms with van der Waals surface area (Å²) in [5.74, 6) is 0. The molecule has 0 fully saturated rings. The first kappa shape index (κ1) is 23.1. The third kappa shape index (κ3) is 7.90. The van der Waals surface area contributed by atoms with Crippen molar-refractivity contribution in [3.8, 4) is 0 Å². The Morgan fingerprint density at radius 1 is 0.613 bits per heavy atom. The maximum Gasteiger partial charge on any atom is 0.114 e. The molecule has 5 heteroatoms. The quantitative estimate of drug-likeness (QED) is 0.439. The van der Waals surface area contributed by atoms with Gasteiger partial charge >= 0.3 is 0 Å². The first-order chi connectivity index (χ1) is 15.3. The molecule has 31 heavy (non-hydrogen) atoms. The second-order valence-corrected chi connectivity index (χ2v) is 7.35. The first-order valence-electron chi connectivity index (χ1n) is 10.5. The smallest absolute Gasteiger partial charge is 0.114 e. The number of hydrogen-bond donors (Lipinski definition) is 2. The van der Waals surface area contributed by atoms with Gasteiger partial charge in [-0.1, -0.05) is 91.0 Å². The second-order valence-electron chi connectivity index (χ2n) is 7.35. The van der Waals surface area contributed by atoms with E-state index in [9.17, 15) is 10.2 Å². The summed E-state index contributed by atoms with van der Waals surface area (Å²) in [4.78, 5) is 0. The Morgan fingerprint density at radius 2 is 1.06 bits per heavy atom. The zero-order valence-electron chi connectivity index (χ0n) is 17.5. The molecule has 164 valence electrons. The largest absolute Gasteiger partial charge is 0.394 e. The molecule has 0 heterocycles. The first-order valence-corrected chi connectivity index (χ1v) is 10.5. The van der Waals surface area contributed by atoms with E-state index in [0.29, 0.717) is 19.8 Å². The molecule has 0 aromatic heterocycles. The van der Waals surface area contributed by atoms with Crippen LogP contribution in [0.15, 0.2) is 91.0 Å². The summed E-state index contributed by atoms with van der Waals surface area (Å²) < 4.78 is 17.6. The van der Waals surface area contributed by atoms with Crippen molar-refractivity contribution >= 4 is 0 Å². The summed E-state index contributed by atoms with van der Waals surface area (Å²) >= 11 is 0. The predicted octanol–water partition coefficient (Wildman–Crippen LogP) is 3.73. The number of hydrogen-bond acceptors (Lipinski definition) is 5. The van der Waals surface area contributed by atoms with E-state index in [1.54, 1.807) is 0 Å². The topological polar surface area (TPSA) is 68.2 Å². The van der Waals surface area contributed by atoms with E-state index in [1.165, 1.54) is 0 Å². The van der Waals surface area contributed by atoms with Gasteiger partial charge in [-0.05, 0) is 16.7 Å². The van der Waals surface area contributed by atoms with E-state index in [2.05, 4.69) is 0 Å². The third-order valence-electron chi connectivity index (χ3n) is 4.92. The van der Waals surface area contributed by atoms with E-state index in [4.69, 9.17) is 14.2 Å². The molecule has 0 aliphatic carbocycles. The summed E-state index contributed by atoms with van der Waals surface area (Å²) in [6, 6.07) is 29.2. The average molecular weight is 423 g/mol. The molecule has 0 aliphatic rings. The molecular formula is C26H30O5. The van der Waals surface area contributed by atoms with Crippen molar-refractivity contribution in [2.75, 3.05) is 13.2 Å². The highest BCUT2D eigenvalue weighted by Gasteiger charge is 2.30. The van der Waals surface area contributed by atoms with Crippen molar-refractivity contribution < 1.29 is 24.4 Å².